The van der Waals surface area contributed by atoms with E-state index in [1.165, 1.54) is 17.3 Å². The minimum absolute atomic E-state index is 0.0847. The first-order chi connectivity index (χ1) is 13.1. The molecule has 0 unspecified atom stereocenters. The number of benzene rings is 2. The van der Waals surface area contributed by atoms with Crippen molar-refractivity contribution in [1.29, 1.82) is 0 Å². The molecule has 7 heteroatoms. The Morgan fingerprint density at radius 2 is 1.96 bits per heavy atom. The molecule has 0 saturated heterocycles. The standard InChI is InChI=1S/C20H21ClN4OS/c1-3-14-8-10-15(11-9-14)18-23-20(25-24-18)27-13(2)19(26)22-12-16-6-4-5-7-17(16)21/h4-11,13H,3,12H2,1-2H3,(H,22,26)(H,23,24,25)/t13-/m1/s1. The predicted octanol–water partition coefficient (Wildman–Crippen LogP) is 4.48. The molecule has 0 aliphatic rings. The number of rotatable bonds is 7. The van der Waals surface area contributed by atoms with E-state index in [2.05, 4.69) is 39.6 Å². The number of hydrogen-bond donors (Lipinski definition) is 2. The SMILES string of the molecule is CCc1ccc(-c2nc(S[C@H](C)C(=O)NCc3ccccc3Cl)n[nH]2)cc1. The number of aryl methyl sites for hydroxylation is 1. The number of aromatic amines is 1. The first-order valence-corrected chi connectivity index (χ1v) is 10.0. The number of H-pyrrole nitrogens is 1. The van der Waals surface area contributed by atoms with Gasteiger partial charge in [0.05, 0.1) is 5.25 Å². The Kier molecular flexibility index (Phi) is 6.53. The van der Waals surface area contributed by atoms with Crippen LogP contribution in [0.3, 0.4) is 0 Å². The molecule has 0 aliphatic carbocycles. The van der Waals surface area contributed by atoms with E-state index in [4.69, 9.17) is 11.6 Å². The Hall–Kier alpha value is -2.31. The summed E-state index contributed by atoms with van der Waals surface area (Å²) in [4.78, 5) is 16.8. The fourth-order valence-corrected chi connectivity index (χ4v) is 3.46. The summed E-state index contributed by atoms with van der Waals surface area (Å²) in [5.74, 6) is 0.613. The summed E-state index contributed by atoms with van der Waals surface area (Å²) in [7, 11) is 0. The minimum Gasteiger partial charge on any atom is -0.351 e. The average molecular weight is 401 g/mol. The van der Waals surface area contributed by atoms with Crippen LogP contribution in [-0.2, 0) is 17.8 Å². The first kappa shape index (κ1) is 19.5. The molecule has 3 rings (SSSR count). The second-order valence-electron chi connectivity index (χ2n) is 6.09. The van der Waals surface area contributed by atoms with Gasteiger partial charge in [-0.05, 0) is 30.5 Å². The number of thioether (sulfide) groups is 1. The fourth-order valence-electron chi connectivity index (χ4n) is 2.51. The molecular weight excluding hydrogens is 380 g/mol. The second kappa shape index (κ2) is 9.06. The molecule has 0 aliphatic heterocycles. The van der Waals surface area contributed by atoms with Crippen molar-refractivity contribution < 1.29 is 4.79 Å². The van der Waals surface area contributed by atoms with Crippen LogP contribution < -0.4 is 5.32 Å². The molecule has 2 aromatic carbocycles. The van der Waals surface area contributed by atoms with E-state index in [-0.39, 0.29) is 11.2 Å². The molecule has 0 bridgehead atoms. The third-order valence-electron chi connectivity index (χ3n) is 4.16. The van der Waals surface area contributed by atoms with Gasteiger partial charge in [0, 0.05) is 17.1 Å². The van der Waals surface area contributed by atoms with E-state index in [0.29, 0.717) is 22.5 Å². The summed E-state index contributed by atoms with van der Waals surface area (Å²) in [6.07, 6.45) is 0.999. The normalized spacial score (nSPS) is 12.0. The lowest BCUT2D eigenvalue weighted by Crippen LogP contribution is -2.30. The highest BCUT2D eigenvalue weighted by Gasteiger charge is 2.17. The highest BCUT2D eigenvalue weighted by atomic mass is 35.5. The van der Waals surface area contributed by atoms with Crippen molar-refractivity contribution in [2.75, 3.05) is 0 Å². The molecule has 1 atom stereocenters. The van der Waals surface area contributed by atoms with Crippen LogP contribution in [0.5, 0.6) is 0 Å². The van der Waals surface area contributed by atoms with Gasteiger partial charge in [0.1, 0.15) is 0 Å². The number of halogens is 1. The molecule has 0 radical (unpaired) electrons. The van der Waals surface area contributed by atoms with Gasteiger partial charge in [0.25, 0.3) is 0 Å². The number of nitrogens with zero attached hydrogens (tertiary/aromatic N) is 2. The third-order valence-corrected chi connectivity index (χ3v) is 5.49. The summed E-state index contributed by atoms with van der Waals surface area (Å²) < 4.78 is 0. The molecular formula is C20H21ClN4OS. The maximum atomic E-state index is 12.3. The van der Waals surface area contributed by atoms with Crippen LogP contribution in [0.4, 0.5) is 0 Å². The van der Waals surface area contributed by atoms with Crippen LogP contribution in [0, 0.1) is 0 Å². The second-order valence-corrected chi connectivity index (χ2v) is 7.80. The molecule has 3 aromatic rings. The Balaban J connectivity index is 1.57. The molecule has 0 saturated carbocycles. The van der Waals surface area contributed by atoms with Crippen molar-refractivity contribution in [2.24, 2.45) is 0 Å². The van der Waals surface area contributed by atoms with Crippen molar-refractivity contribution in [3.63, 3.8) is 0 Å². The average Bonchev–Trinajstić information content (AvgIpc) is 3.15. The van der Waals surface area contributed by atoms with E-state index in [0.717, 1.165) is 17.5 Å². The number of aromatic nitrogens is 3. The van der Waals surface area contributed by atoms with Crippen LogP contribution in [0.2, 0.25) is 5.02 Å². The van der Waals surface area contributed by atoms with Crippen LogP contribution in [0.15, 0.2) is 53.7 Å². The van der Waals surface area contributed by atoms with E-state index >= 15 is 0 Å². The van der Waals surface area contributed by atoms with Crippen LogP contribution >= 0.6 is 23.4 Å². The van der Waals surface area contributed by atoms with Gasteiger partial charge >= 0.3 is 0 Å². The molecule has 140 valence electrons. The van der Waals surface area contributed by atoms with Gasteiger partial charge in [0.2, 0.25) is 11.1 Å². The lowest BCUT2D eigenvalue weighted by atomic mass is 10.1. The van der Waals surface area contributed by atoms with Crippen molar-refractivity contribution in [1.82, 2.24) is 20.5 Å². The van der Waals surface area contributed by atoms with Crippen LogP contribution in [0.25, 0.3) is 11.4 Å². The Labute approximate surface area is 167 Å². The lowest BCUT2D eigenvalue weighted by Gasteiger charge is -2.11. The molecule has 5 nitrogen and oxygen atoms in total. The summed E-state index contributed by atoms with van der Waals surface area (Å²) in [6, 6.07) is 15.7. The zero-order valence-electron chi connectivity index (χ0n) is 15.2. The van der Waals surface area contributed by atoms with E-state index in [1.807, 2.05) is 43.3 Å². The van der Waals surface area contributed by atoms with Crippen molar-refractivity contribution >= 4 is 29.3 Å². The topological polar surface area (TPSA) is 70.7 Å². The molecule has 1 aromatic heterocycles. The number of amides is 1. The van der Waals surface area contributed by atoms with E-state index < -0.39 is 0 Å². The van der Waals surface area contributed by atoms with Crippen LogP contribution in [0.1, 0.15) is 25.0 Å². The molecule has 27 heavy (non-hydrogen) atoms. The Morgan fingerprint density at radius 1 is 1.22 bits per heavy atom. The zero-order chi connectivity index (χ0) is 19.2. The number of hydrogen-bond acceptors (Lipinski definition) is 4. The summed E-state index contributed by atoms with van der Waals surface area (Å²) in [6.45, 7) is 4.35. The third kappa shape index (κ3) is 5.11. The predicted molar refractivity (Wildman–Crippen MR) is 110 cm³/mol. The van der Waals surface area contributed by atoms with Gasteiger partial charge in [-0.15, -0.1) is 5.10 Å². The van der Waals surface area contributed by atoms with Gasteiger partial charge < -0.3 is 5.32 Å². The summed E-state index contributed by atoms with van der Waals surface area (Å²) >= 11 is 7.43. The maximum absolute atomic E-state index is 12.3. The van der Waals surface area contributed by atoms with Gasteiger partial charge in [-0.2, -0.15) is 0 Å². The number of nitrogens with one attached hydrogen (secondary N) is 2. The lowest BCUT2D eigenvalue weighted by molar-refractivity contribution is -0.120. The molecule has 1 amide bonds. The number of carbonyl (C=O) groups is 1. The van der Waals surface area contributed by atoms with Crippen LogP contribution in [-0.4, -0.2) is 26.3 Å². The van der Waals surface area contributed by atoms with Crippen molar-refractivity contribution in [3.05, 3.63) is 64.7 Å². The fraction of sp³-hybridized carbons (Fsp3) is 0.250. The van der Waals surface area contributed by atoms with Crippen molar-refractivity contribution in [2.45, 2.75) is 37.2 Å². The van der Waals surface area contributed by atoms with Gasteiger partial charge in [0.15, 0.2) is 5.82 Å². The Bertz CT molecular complexity index is 910. The molecule has 2 N–H and O–H groups in total. The summed E-state index contributed by atoms with van der Waals surface area (Å²) in [5, 5.41) is 10.9. The van der Waals surface area contributed by atoms with Gasteiger partial charge in [-0.3, -0.25) is 9.89 Å². The maximum Gasteiger partial charge on any atom is 0.233 e. The smallest absolute Gasteiger partial charge is 0.233 e. The zero-order valence-corrected chi connectivity index (χ0v) is 16.8. The van der Waals surface area contributed by atoms with Gasteiger partial charge in [-0.1, -0.05) is 72.8 Å². The summed E-state index contributed by atoms with van der Waals surface area (Å²) in [5.41, 5.74) is 3.14. The van der Waals surface area contributed by atoms with Crippen molar-refractivity contribution in [3.8, 4) is 11.4 Å². The van der Waals surface area contributed by atoms with E-state index in [9.17, 15) is 4.79 Å². The first-order valence-electron chi connectivity index (χ1n) is 8.76. The highest BCUT2D eigenvalue weighted by molar-refractivity contribution is 8.00. The Morgan fingerprint density at radius 3 is 2.67 bits per heavy atom. The van der Waals surface area contributed by atoms with E-state index in [1.54, 1.807) is 0 Å². The molecule has 0 fully saturated rings. The minimum atomic E-state index is -0.321. The molecule has 1 heterocycles. The number of carbonyl (C=O) groups excluding carboxylic acids is 1. The quantitative estimate of drug-likeness (QED) is 0.573. The monoisotopic (exact) mass is 400 g/mol. The van der Waals surface area contributed by atoms with Gasteiger partial charge in [-0.25, -0.2) is 4.98 Å². The largest absolute Gasteiger partial charge is 0.351 e. The molecule has 0 spiro atoms. The highest BCUT2D eigenvalue weighted by Crippen LogP contribution is 2.23.